The Morgan fingerprint density at radius 1 is 1.11 bits per heavy atom. The van der Waals surface area contributed by atoms with Crippen LogP contribution >= 0.6 is 11.3 Å². The molecule has 1 aromatic heterocycles. The van der Waals surface area contributed by atoms with Crippen LogP contribution in [0.15, 0.2) is 17.5 Å². The predicted molar refractivity (Wildman–Crippen MR) is 109 cm³/mol. The molecule has 0 radical (unpaired) electrons. The number of carbonyl (C=O) groups is 1. The van der Waals surface area contributed by atoms with Crippen molar-refractivity contribution < 1.29 is 14.3 Å². The summed E-state index contributed by atoms with van der Waals surface area (Å²) in [5.74, 6) is 1.25. The lowest BCUT2D eigenvalue weighted by molar-refractivity contribution is 0.215. The van der Waals surface area contributed by atoms with E-state index in [9.17, 15) is 4.79 Å². The van der Waals surface area contributed by atoms with Crippen molar-refractivity contribution >= 4 is 28.2 Å². The molecule has 1 aliphatic heterocycles. The van der Waals surface area contributed by atoms with Crippen LogP contribution in [0, 0.1) is 13.8 Å². The summed E-state index contributed by atoms with van der Waals surface area (Å²) < 4.78 is 10.6. The second-order valence-corrected chi connectivity index (χ2v) is 7.39. The lowest BCUT2D eigenvalue weighted by Gasteiger charge is -2.23. The van der Waals surface area contributed by atoms with Gasteiger partial charge in [0.15, 0.2) is 16.6 Å². The van der Waals surface area contributed by atoms with Crippen molar-refractivity contribution in [3.63, 3.8) is 0 Å². The maximum Gasteiger partial charge on any atom is 0.321 e. The Morgan fingerprint density at radius 3 is 2.52 bits per heavy atom. The van der Waals surface area contributed by atoms with Gasteiger partial charge in [-0.15, -0.1) is 11.3 Å². The number of ether oxygens (including phenoxy) is 2. The number of rotatable bonds is 4. The molecule has 0 saturated carbocycles. The Labute approximate surface area is 163 Å². The largest absolute Gasteiger partial charge is 0.493 e. The Hall–Kier alpha value is -2.48. The van der Waals surface area contributed by atoms with E-state index in [0.29, 0.717) is 18.0 Å². The first-order chi connectivity index (χ1) is 13.0. The van der Waals surface area contributed by atoms with E-state index in [1.807, 2.05) is 24.8 Å². The number of aromatic nitrogens is 1. The van der Waals surface area contributed by atoms with Gasteiger partial charge in [-0.1, -0.05) is 0 Å². The van der Waals surface area contributed by atoms with Crippen molar-refractivity contribution in [1.82, 2.24) is 9.88 Å². The number of methoxy groups -OCH3 is 2. The highest BCUT2D eigenvalue weighted by molar-refractivity contribution is 7.13. The Morgan fingerprint density at radius 2 is 1.85 bits per heavy atom. The van der Waals surface area contributed by atoms with E-state index in [1.165, 1.54) is 0 Å². The molecule has 8 heteroatoms. The minimum atomic E-state index is -0.0949. The maximum absolute atomic E-state index is 12.8. The van der Waals surface area contributed by atoms with Crippen LogP contribution in [0.2, 0.25) is 0 Å². The molecule has 1 aromatic carbocycles. The van der Waals surface area contributed by atoms with Crippen molar-refractivity contribution in [2.45, 2.75) is 20.3 Å². The van der Waals surface area contributed by atoms with E-state index in [2.05, 4.69) is 20.6 Å². The molecule has 2 heterocycles. The number of aryl methyl sites for hydroxylation is 2. The molecule has 146 valence electrons. The number of benzene rings is 1. The number of nitrogens with one attached hydrogen (secondary N) is 1. The number of amides is 2. The van der Waals surface area contributed by atoms with Gasteiger partial charge >= 0.3 is 6.03 Å². The lowest BCUT2D eigenvalue weighted by Crippen LogP contribution is -2.38. The van der Waals surface area contributed by atoms with Crippen molar-refractivity contribution in [2.75, 3.05) is 50.6 Å². The molecule has 27 heavy (non-hydrogen) atoms. The average Bonchev–Trinajstić information content (AvgIpc) is 2.94. The zero-order valence-corrected chi connectivity index (χ0v) is 17.1. The molecule has 2 aromatic rings. The summed E-state index contributed by atoms with van der Waals surface area (Å²) in [6, 6.07) is 3.57. The third-order valence-electron chi connectivity index (χ3n) is 4.63. The summed E-state index contributed by atoms with van der Waals surface area (Å²) in [6.45, 7) is 7.02. The van der Waals surface area contributed by atoms with Gasteiger partial charge in [-0.3, -0.25) is 0 Å². The molecule has 1 N–H and O–H groups in total. The fraction of sp³-hybridized carbons (Fsp3) is 0.474. The zero-order valence-electron chi connectivity index (χ0n) is 16.2. The maximum atomic E-state index is 12.8. The number of urea groups is 1. The van der Waals surface area contributed by atoms with Crippen LogP contribution in [-0.2, 0) is 0 Å². The van der Waals surface area contributed by atoms with E-state index in [-0.39, 0.29) is 6.03 Å². The van der Waals surface area contributed by atoms with Crippen LogP contribution in [0.25, 0.3) is 0 Å². The molecule has 0 unspecified atom stereocenters. The lowest BCUT2D eigenvalue weighted by atomic mass is 10.1. The number of hydrogen-bond donors (Lipinski definition) is 1. The summed E-state index contributed by atoms with van der Waals surface area (Å²) in [7, 11) is 3.19. The van der Waals surface area contributed by atoms with Gasteiger partial charge in [-0.2, -0.15) is 0 Å². The highest BCUT2D eigenvalue weighted by atomic mass is 32.1. The van der Waals surface area contributed by atoms with Gasteiger partial charge in [-0.25, -0.2) is 9.78 Å². The summed E-state index contributed by atoms with van der Waals surface area (Å²) in [4.78, 5) is 21.5. The van der Waals surface area contributed by atoms with Gasteiger partial charge in [0.1, 0.15) is 0 Å². The van der Waals surface area contributed by atoms with Crippen LogP contribution < -0.4 is 19.7 Å². The smallest absolute Gasteiger partial charge is 0.321 e. The van der Waals surface area contributed by atoms with Gasteiger partial charge < -0.3 is 24.6 Å². The van der Waals surface area contributed by atoms with Crippen LogP contribution in [-0.4, -0.2) is 56.3 Å². The minimum Gasteiger partial charge on any atom is -0.493 e. The van der Waals surface area contributed by atoms with Gasteiger partial charge in [-0.05, 0) is 31.9 Å². The number of hydrogen-bond acceptors (Lipinski definition) is 6. The van der Waals surface area contributed by atoms with Gasteiger partial charge in [0, 0.05) is 43.3 Å². The molecule has 1 fully saturated rings. The van der Waals surface area contributed by atoms with Gasteiger partial charge in [0.05, 0.1) is 19.9 Å². The molecule has 3 rings (SSSR count). The molecule has 0 atom stereocenters. The normalized spacial score (nSPS) is 14.7. The first-order valence-electron chi connectivity index (χ1n) is 8.97. The highest BCUT2D eigenvalue weighted by Crippen LogP contribution is 2.33. The Kier molecular flexibility index (Phi) is 6.05. The van der Waals surface area contributed by atoms with E-state index in [0.717, 1.165) is 48.1 Å². The molecular weight excluding hydrogens is 364 g/mol. The predicted octanol–water partition coefficient (Wildman–Crippen LogP) is 3.52. The fourth-order valence-corrected chi connectivity index (χ4v) is 3.97. The quantitative estimate of drug-likeness (QED) is 0.865. The van der Waals surface area contributed by atoms with Crippen LogP contribution in [0.3, 0.4) is 0 Å². The van der Waals surface area contributed by atoms with Crippen LogP contribution in [0.5, 0.6) is 11.5 Å². The Balaban J connectivity index is 1.66. The third kappa shape index (κ3) is 4.44. The summed E-state index contributed by atoms with van der Waals surface area (Å²) in [5, 5.41) is 6.11. The number of thiazole rings is 1. The second kappa shape index (κ2) is 8.47. The highest BCUT2D eigenvalue weighted by Gasteiger charge is 2.21. The molecule has 1 saturated heterocycles. The fourth-order valence-electron chi connectivity index (χ4n) is 3.11. The van der Waals surface area contributed by atoms with Gasteiger partial charge in [0.25, 0.3) is 0 Å². The minimum absolute atomic E-state index is 0.0949. The van der Waals surface area contributed by atoms with Crippen molar-refractivity contribution in [3.8, 4) is 11.5 Å². The molecule has 7 nitrogen and oxygen atoms in total. The number of anilines is 2. The van der Waals surface area contributed by atoms with Crippen molar-refractivity contribution in [1.29, 1.82) is 0 Å². The first kappa shape index (κ1) is 19.3. The third-order valence-corrected chi connectivity index (χ3v) is 5.65. The molecule has 0 bridgehead atoms. The van der Waals surface area contributed by atoms with Crippen molar-refractivity contribution in [3.05, 3.63) is 28.8 Å². The molecular formula is C19H26N4O3S. The average molecular weight is 391 g/mol. The van der Waals surface area contributed by atoms with E-state index >= 15 is 0 Å². The summed E-state index contributed by atoms with van der Waals surface area (Å²) in [6.07, 6.45) is 0.914. The first-order valence-corrected chi connectivity index (χ1v) is 9.85. The van der Waals surface area contributed by atoms with Gasteiger partial charge in [0.2, 0.25) is 0 Å². The number of carbonyl (C=O) groups excluding carboxylic acids is 1. The topological polar surface area (TPSA) is 66.9 Å². The van der Waals surface area contributed by atoms with E-state index in [1.54, 1.807) is 31.6 Å². The molecule has 0 aliphatic carbocycles. The second-order valence-electron chi connectivity index (χ2n) is 6.55. The SMILES string of the molecule is COc1cc(C)c(NC(=O)N2CCCN(c3nc(C)cs3)CC2)cc1OC. The van der Waals surface area contributed by atoms with E-state index < -0.39 is 0 Å². The zero-order chi connectivity index (χ0) is 19.4. The monoisotopic (exact) mass is 390 g/mol. The summed E-state index contributed by atoms with van der Waals surface area (Å²) in [5.41, 5.74) is 2.70. The number of nitrogens with zero attached hydrogens (tertiary/aromatic N) is 3. The van der Waals surface area contributed by atoms with Crippen molar-refractivity contribution in [2.24, 2.45) is 0 Å². The van der Waals surface area contributed by atoms with E-state index in [4.69, 9.17) is 9.47 Å². The molecule has 2 amide bonds. The standard InChI is InChI=1S/C19H26N4O3S/c1-13-10-16(25-3)17(26-4)11-15(13)21-18(24)22-6-5-7-23(9-8-22)19-20-14(2)12-27-19/h10-12H,5-9H2,1-4H3,(H,21,24). The van der Waals surface area contributed by atoms with Crippen LogP contribution in [0.4, 0.5) is 15.6 Å². The Bertz CT molecular complexity index is 808. The summed E-state index contributed by atoms with van der Waals surface area (Å²) >= 11 is 1.66. The molecule has 0 spiro atoms. The van der Waals surface area contributed by atoms with Crippen LogP contribution in [0.1, 0.15) is 17.7 Å². The molecule has 1 aliphatic rings.